The highest BCUT2D eigenvalue weighted by molar-refractivity contribution is 5.75. The van der Waals surface area contributed by atoms with E-state index in [0.717, 1.165) is 25.8 Å². The molecule has 1 aliphatic heterocycles. The summed E-state index contributed by atoms with van der Waals surface area (Å²) < 4.78 is 0. The fraction of sp³-hybridized carbons (Fsp3) is 0.917. The number of nitrogens with zero attached hydrogens (tertiary/aromatic N) is 1. The number of hydrogen-bond acceptors (Lipinski definition) is 2. The van der Waals surface area contributed by atoms with Crippen molar-refractivity contribution in [3.05, 3.63) is 0 Å². The van der Waals surface area contributed by atoms with E-state index >= 15 is 0 Å². The Morgan fingerprint density at radius 3 is 2.67 bits per heavy atom. The van der Waals surface area contributed by atoms with Crippen LogP contribution in [0, 0.1) is 0 Å². The predicted molar refractivity (Wildman–Crippen MR) is 60.3 cm³/mol. The number of unbranched alkanes of at least 4 members (excludes halogenated alkanes) is 4. The van der Waals surface area contributed by atoms with Crippen LogP contribution in [0.3, 0.4) is 0 Å². The fourth-order valence-corrected chi connectivity index (χ4v) is 1.80. The molecule has 0 saturated carbocycles. The Balaban J connectivity index is 2.02. The Morgan fingerprint density at radius 2 is 2.00 bits per heavy atom. The van der Waals surface area contributed by atoms with Crippen molar-refractivity contribution < 1.29 is 9.63 Å². The van der Waals surface area contributed by atoms with E-state index in [4.69, 9.17) is 4.84 Å². The zero-order valence-corrected chi connectivity index (χ0v) is 9.83. The van der Waals surface area contributed by atoms with Gasteiger partial charge in [0, 0.05) is 13.0 Å². The van der Waals surface area contributed by atoms with Crippen molar-refractivity contribution in [2.75, 3.05) is 13.2 Å². The van der Waals surface area contributed by atoms with Gasteiger partial charge < -0.3 is 0 Å². The minimum Gasteiger partial charge on any atom is -0.273 e. The molecule has 1 heterocycles. The minimum atomic E-state index is 0.172. The maximum atomic E-state index is 11.6. The smallest absolute Gasteiger partial charge is 0.246 e. The molecule has 0 aromatic carbocycles. The molecule has 1 rings (SSSR count). The second-order valence-electron chi connectivity index (χ2n) is 4.20. The molecule has 0 aliphatic carbocycles. The lowest BCUT2D eigenvalue weighted by atomic mass is 10.1. The van der Waals surface area contributed by atoms with E-state index in [9.17, 15) is 4.79 Å². The molecule has 1 saturated heterocycles. The third kappa shape index (κ3) is 5.17. The normalized spacial score (nSPS) is 16.7. The molecule has 0 aromatic heterocycles. The van der Waals surface area contributed by atoms with E-state index in [-0.39, 0.29) is 5.91 Å². The maximum Gasteiger partial charge on any atom is 0.246 e. The number of carbonyl (C=O) groups excluding carboxylic acids is 1. The first-order valence-electron chi connectivity index (χ1n) is 6.28. The van der Waals surface area contributed by atoms with Gasteiger partial charge in [-0.25, -0.2) is 5.06 Å². The molecule has 0 radical (unpaired) electrons. The molecular formula is C12H23NO2. The molecule has 1 amide bonds. The maximum absolute atomic E-state index is 11.6. The van der Waals surface area contributed by atoms with E-state index in [2.05, 4.69) is 6.92 Å². The van der Waals surface area contributed by atoms with Crippen molar-refractivity contribution >= 4 is 5.91 Å². The zero-order valence-electron chi connectivity index (χ0n) is 9.83. The molecule has 0 spiro atoms. The fourth-order valence-electron chi connectivity index (χ4n) is 1.80. The summed E-state index contributed by atoms with van der Waals surface area (Å²) in [5, 5.41) is 1.56. The highest BCUT2D eigenvalue weighted by Gasteiger charge is 2.16. The molecule has 1 aliphatic rings. The lowest BCUT2D eigenvalue weighted by Gasteiger charge is -2.25. The van der Waals surface area contributed by atoms with Gasteiger partial charge in [-0.2, -0.15) is 0 Å². The van der Waals surface area contributed by atoms with Gasteiger partial charge in [-0.1, -0.05) is 32.6 Å². The summed E-state index contributed by atoms with van der Waals surface area (Å²) in [6.45, 7) is 3.70. The average molecular weight is 213 g/mol. The van der Waals surface area contributed by atoms with Crippen LogP contribution in [0.5, 0.6) is 0 Å². The average Bonchev–Trinajstić information content (AvgIpc) is 2.30. The van der Waals surface area contributed by atoms with Gasteiger partial charge in [0.2, 0.25) is 5.91 Å². The molecular weight excluding hydrogens is 190 g/mol. The van der Waals surface area contributed by atoms with Crippen LogP contribution in [0.2, 0.25) is 0 Å². The van der Waals surface area contributed by atoms with Crippen LogP contribution in [0.25, 0.3) is 0 Å². The third-order valence-electron chi connectivity index (χ3n) is 2.78. The number of carbonyl (C=O) groups is 1. The Morgan fingerprint density at radius 1 is 1.20 bits per heavy atom. The Bertz CT molecular complexity index is 176. The Kier molecular flexibility index (Phi) is 6.41. The van der Waals surface area contributed by atoms with E-state index in [1.165, 1.54) is 25.7 Å². The largest absolute Gasteiger partial charge is 0.273 e. The van der Waals surface area contributed by atoms with Crippen LogP contribution in [-0.2, 0) is 9.63 Å². The van der Waals surface area contributed by atoms with Crippen molar-refractivity contribution in [1.82, 2.24) is 5.06 Å². The Labute approximate surface area is 92.7 Å². The van der Waals surface area contributed by atoms with Gasteiger partial charge in [-0.15, -0.1) is 0 Å². The second-order valence-corrected chi connectivity index (χ2v) is 4.20. The monoisotopic (exact) mass is 213 g/mol. The quantitative estimate of drug-likeness (QED) is 0.635. The second kappa shape index (κ2) is 7.69. The summed E-state index contributed by atoms with van der Waals surface area (Å²) in [5.41, 5.74) is 0. The zero-order chi connectivity index (χ0) is 10.9. The summed E-state index contributed by atoms with van der Waals surface area (Å²) in [6.07, 6.45) is 8.81. The van der Waals surface area contributed by atoms with Crippen LogP contribution in [0.15, 0.2) is 0 Å². The van der Waals surface area contributed by atoms with Crippen molar-refractivity contribution in [3.63, 3.8) is 0 Å². The summed E-state index contributed by atoms with van der Waals surface area (Å²) in [5.74, 6) is 0.172. The first-order valence-corrected chi connectivity index (χ1v) is 6.28. The molecule has 0 aromatic rings. The summed E-state index contributed by atoms with van der Waals surface area (Å²) in [4.78, 5) is 16.9. The van der Waals surface area contributed by atoms with Crippen molar-refractivity contribution in [3.8, 4) is 0 Å². The van der Waals surface area contributed by atoms with Crippen LogP contribution in [-0.4, -0.2) is 24.1 Å². The molecule has 0 atom stereocenters. The SMILES string of the molecule is CCCCCCCC(=O)N1CCCCO1. The number of hydroxylamine groups is 2. The van der Waals surface area contributed by atoms with Gasteiger partial charge in [0.15, 0.2) is 0 Å². The highest BCUT2D eigenvalue weighted by atomic mass is 16.7. The minimum absolute atomic E-state index is 0.172. The third-order valence-corrected chi connectivity index (χ3v) is 2.78. The highest BCUT2D eigenvalue weighted by Crippen LogP contribution is 2.11. The lowest BCUT2D eigenvalue weighted by molar-refractivity contribution is -0.197. The molecule has 0 unspecified atom stereocenters. The lowest BCUT2D eigenvalue weighted by Crippen LogP contribution is -2.35. The topological polar surface area (TPSA) is 29.5 Å². The molecule has 1 fully saturated rings. The van der Waals surface area contributed by atoms with E-state index < -0.39 is 0 Å². The van der Waals surface area contributed by atoms with Crippen LogP contribution >= 0.6 is 0 Å². The van der Waals surface area contributed by atoms with Crippen LogP contribution in [0.1, 0.15) is 58.3 Å². The van der Waals surface area contributed by atoms with Gasteiger partial charge >= 0.3 is 0 Å². The van der Waals surface area contributed by atoms with Crippen molar-refractivity contribution in [2.24, 2.45) is 0 Å². The molecule has 88 valence electrons. The summed E-state index contributed by atoms with van der Waals surface area (Å²) in [7, 11) is 0. The first kappa shape index (κ1) is 12.5. The summed E-state index contributed by atoms with van der Waals surface area (Å²) in [6, 6.07) is 0. The number of hydrogen-bond donors (Lipinski definition) is 0. The molecule has 3 heteroatoms. The van der Waals surface area contributed by atoms with Crippen molar-refractivity contribution in [2.45, 2.75) is 58.3 Å². The van der Waals surface area contributed by atoms with Crippen molar-refractivity contribution in [1.29, 1.82) is 0 Å². The van der Waals surface area contributed by atoms with Gasteiger partial charge in [-0.05, 0) is 19.3 Å². The van der Waals surface area contributed by atoms with Gasteiger partial charge in [0.05, 0.1) is 6.61 Å². The number of amides is 1. The van der Waals surface area contributed by atoms with Gasteiger partial charge in [0.25, 0.3) is 0 Å². The molecule has 0 bridgehead atoms. The van der Waals surface area contributed by atoms with Crippen LogP contribution in [0.4, 0.5) is 0 Å². The van der Waals surface area contributed by atoms with Crippen LogP contribution < -0.4 is 0 Å². The Hall–Kier alpha value is -0.570. The van der Waals surface area contributed by atoms with Gasteiger partial charge in [-0.3, -0.25) is 9.63 Å². The van der Waals surface area contributed by atoms with E-state index in [1.54, 1.807) is 5.06 Å². The predicted octanol–water partition coefficient (Wildman–Crippen LogP) is 2.90. The standard InChI is InChI=1S/C12H23NO2/c1-2-3-4-5-6-9-12(14)13-10-7-8-11-15-13/h2-11H2,1H3. The first-order chi connectivity index (χ1) is 7.34. The van der Waals surface area contributed by atoms with E-state index in [1.807, 2.05) is 0 Å². The summed E-state index contributed by atoms with van der Waals surface area (Å²) >= 11 is 0. The van der Waals surface area contributed by atoms with Gasteiger partial charge in [0.1, 0.15) is 0 Å². The molecule has 15 heavy (non-hydrogen) atoms. The molecule has 0 N–H and O–H groups in total. The number of rotatable bonds is 6. The molecule has 3 nitrogen and oxygen atoms in total. The van der Waals surface area contributed by atoms with E-state index in [0.29, 0.717) is 13.0 Å².